The molecule has 0 aromatic heterocycles. The Labute approximate surface area is 209 Å². The predicted octanol–water partition coefficient (Wildman–Crippen LogP) is 7.53. The largest absolute Gasteiger partial charge is 0.444 e. The third-order valence-corrected chi connectivity index (χ3v) is 7.78. The number of fused-ring (bicyclic) bond motifs is 4. The molecular formula is C31H37NO3. The molecule has 1 saturated heterocycles. The Morgan fingerprint density at radius 2 is 1.83 bits per heavy atom. The number of hydrogen-bond acceptors (Lipinski definition) is 3. The van der Waals surface area contributed by atoms with Gasteiger partial charge in [0, 0.05) is 24.6 Å². The van der Waals surface area contributed by atoms with Crippen LogP contribution in [0.25, 0.3) is 16.3 Å². The van der Waals surface area contributed by atoms with Gasteiger partial charge in [-0.05, 0) is 85.8 Å². The second kappa shape index (κ2) is 8.96. The summed E-state index contributed by atoms with van der Waals surface area (Å²) in [5.74, 6) is 0.868. The Balaban J connectivity index is 1.49. The Morgan fingerprint density at radius 1 is 1.09 bits per heavy atom. The highest BCUT2D eigenvalue weighted by Crippen LogP contribution is 2.47. The minimum atomic E-state index is -0.498. The Bertz CT molecular complexity index is 1240. The molecular weight excluding hydrogens is 434 g/mol. The molecule has 35 heavy (non-hydrogen) atoms. The number of ether oxygens (including phenoxy) is 1. The highest BCUT2D eigenvalue weighted by atomic mass is 16.6. The fourth-order valence-corrected chi connectivity index (χ4v) is 6.02. The van der Waals surface area contributed by atoms with E-state index in [1.54, 1.807) is 0 Å². The van der Waals surface area contributed by atoms with Gasteiger partial charge in [0.2, 0.25) is 0 Å². The van der Waals surface area contributed by atoms with E-state index in [2.05, 4.69) is 56.3 Å². The Kier molecular flexibility index (Phi) is 6.11. The fourth-order valence-electron chi connectivity index (χ4n) is 6.02. The van der Waals surface area contributed by atoms with Crippen LogP contribution in [0, 0.1) is 11.8 Å². The lowest BCUT2D eigenvalue weighted by Crippen LogP contribution is -2.44. The molecule has 2 aromatic rings. The van der Waals surface area contributed by atoms with Gasteiger partial charge in [-0.25, -0.2) is 4.79 Å². The van der Waals surface area contributed by atoms with Crippen molar-refractivity contribution in [2.75, 3.05) is 13.1 Å². The minimum absolute atomic E-state index is 0.0985. The molecule has 1 heterocycles. The monoisotopic (exact) mass is 471 g/mol. The van der Waals surface area contributed by atoms with Crippen molar-refractivity contribution >= 4 is 28.2 Å². The number of carbonyl (C=O) groups is 2. The number of carbonyl (C=O) groups excluding carboxylic acids is 2. The molecule has 0 bridgehead atoms. The lowest BCUT2D eigenvalue weighted by Gasteiger charge is -2.40. The van der Waals surface area contributed by atoms with E-state index in [1.165, 1.54) is 16.7 Å². The van der Waals surface area contributed by atoms with Crippen molar-refractivity contribution in [3.05, 3.63) is 64.7 Å². The summed E-state index contributed by atoms with van der Waals surface area (Å²) in [5.41, 5.74) is 5.33. The average molecular weight is 472 g/mol. The number of amides is 1. The summed E-state index contributed by atoms with van der Waals surface area (Å²) in [5, 5.41) is 2.21. The van der Waals surface area contributed by atoms with Gasteiger partial charge in [-0.15, -0.1) is 0 Å². The maximum Gasteiger partial charge on any atom is 0.410 e. The number of piperidine rings is 1. The minimum Gasteiger partial charge on any atom is -0.444 e. The van der Waals surface area contributed by atoms with Crippen LogP contribution >= 0.6 is 0 Å². The third kappa shape index (κ3) is 4.44. The van der Waals surface area contributed by atoms with Crippen molar-refractivity contribution in [3.8, 4) is 0 Å². The molecule has 1 unspecified atom stereocenters. The van der Waals surface area contributed by atoms with Crippen LogP contribution < -0.4 is 0 Å². The molecule has 1 amide bonds. The highest BCUT2D eigenvalue weighted by molar-refractivity contribution is 6.17. The molecule has 2 aliphatic carbocycles. The van der Waals surface area contributed by atoms with Crippen LogP contribution in [-0.4, -0.2) is 35.5 Å². The predicted molar refractivity (Wildman–Crippen MR) is 142 cm³/mol. The number of allylic oxidation sites excluding steroid dienone is 4. The van der Waals surface area contributed by atoms with E-state index in [9.17, 15) is 9.59 Å². The molecule has 1 aliphatic heterocycles. The van der Waals surface area contributed by atoms with Gasteiger partial charge in [0.1, 0.15) is 5.60 Å². The maximum atomic E-state index is 14.2. The summed E-state index contributed by atoms with van der Waals surface area (Å²) >= 11 is 0. The first-order valence-electron chi connectivity index (χ1n) is 13.1. The number of rotatable bonds is 2. The lowest BCUT2D eigenvalue weighted by molar-refractivity contribution is 0.0169. The van der Waals surface area contributed by atoms with Crippen LogP contribution in [0.3, 0.4) is 0 Å². The van der Waals surface area contributed by atoms with Crippen molar-refractivity contribution in [1.82, 2.24) is 4.90 Å². The molecule has 0 spiro atoms. The van der Waals surface area contributed by atoms with Gasteiger partial charge >= 0.3 is 6.09 Å². The van der Waals surface area contributed by atoms with E-state index in [0.717, 1.165) is 47.6 Å². The summed E-state index contributed by atoms with van der Waals surface area (Å²) in [4.78, 5) is 28.6. The SMILES string of the molecule is CC(C)c1ccc2c3c(ccc2c1)C1=C(CCC=C1)C(C1CCN(C(=O)OC(C)(C)C)CC1)C3=O. The zero-order chi connectivity index (χ0) is 24.9. The molecule has 4 heteroatoms. The number of benzene rings is 2. The molecule has 3 aliphatic rings. The van der Waals surface area contributed by atoms with Crippen LogP contribution in [-0.2, 0) is 4.74 Å². The van der Waals surface area contributed by atoms with Crippen LogP contribution in [0.5, 0.6) is 0 Å². The molecule has 1 atom stereocenters. The van der Waals surface area contributed by atoms with Gasteiger partial charge in [-0.1, -0.05) is 61.9 Å². The van der Waals surface area contributed by atoms with E-state index in [4.69, 9.17) is 4.74 Å². The molecule has 2 aromatic carbocycles. The molecule has 0 radical (unpaired) electrons. The maximum absolute atomic E-state index is 14.2. The number of ketones is 1. The zero-order valence-electron chi connectivity index (χ0n) is 21.7. The average Bonchev–Trinajstić information content (AvgIpc) is 2.82. The third-order valence-electron chi connectivity index (χ3n) is 7.78. The first kappa shape index (κ1) is 23.8. The molecule has 4 nitrogen and oxygen atoms in total. The van der Waals surface area contributed by atoms with Crippen LogP contribution in [0.2, 0.25) is 0 Å². The normalized spacial score (nSPS) is 20.9. The van der Waals surface area contributed by atoms with Gasteiger partial charge in [0.05, 0.1) is 0 Å². The summed E-state index contributed by atoms with van der Waals surface area (Å²) in [6.45, 7) is 11.4. The van der Waals surface area contributed by atoms with E-state index >= 15 is 0 Å². The summed E-state index contributed by atoms with van der Waals surface area (Å²) in [6, 6.07) is 10.9. The summed E-state index contributed by atoms with van der Waals surface area (Å²) in [6.07, 6.45) is 7.82. The van der Waals surface area contributed by atoms with Crippen molar-refractivity contribution in [3.63, 3.8) is 0 Å². The number of nitrogens with zero attached hydrogens (tertiary/aromatic N) is 1. The summed E-state index contributed by atoms with van der Waals surface area (Å²) < 4.78 is 5.59. The van der Waals surface area contributed by atoms with Crippen molar-refractivity contribution < 1.29 is 14.3 Å². The molecule has 5 rings (SSSR count). The van der Waals surface area contributed by atoms with E-state index < -0.39 is 5.60 Å². The van der Waals surface area contributed by atoms with Crippen LogP contribution in [0.4, 0.5) is 4.79 Å². The molecule has 0 saturated carbocycles. The van der Waals surface area contributed by atoms with Crippen molar-refractivity contribution in [2.45, 2.75) is 71.8 Å². The smallest absolute Gasteiger partial charge is 0.410 e. The van der Waals surface area contributed by atoms with E-state index in [-0.39, 0.29) is 23.7 Å². The Hall–Kier alpha value is -2.88. The standard InChI is InChI=1S/C31H37NO3/c1-19(2)21-10-12-23-22(18-21)11-13-26-24-8-6-7-9-25(24)27(29(33)28(23)26)20-14-16-32(17-15-20)30(34)35-31(3,4)5/h6,8,10-13,18-20,27H,7,9,14-17H2,1-5H3. The highest BCUT2D eigenvalue weighted by Gasteiger charge is 2.41. The van der Waals surface area contributed by atoms with Gasteiger partial charge in [-0.3, -0.25) is 4.79 Å². The second-order valence-electron chi connectivity index (χ2n) is 11.7. The molecule has 1 fully saturated rings. The zero-order valence-corrected chi connectivity index (χ0v) is 21.7. The number of hydrogen-bond donors (Lipinski definition) is 0. The topological polar surface area (TPSA) is 46.6 Å². The Morgan fingerprint density at radius 3 is 2.51 bits per heavy atom. The first-order valence-corrected chi connectivity index (χ1v) is 13.1. The van der Waals surface area contributed by atoms with Crippen LogP contribution in [0.1, 0.15) is 87.7 Å². The molecule has 0 N–H and O–H groups in total. The van der Waals surface area contributed by atoms with Crippen LogP contribution in [0.15, 0.2) is 48.1 Å². The first-order chi connectivity index (χ1) is 16.6. The lowest BCUT2D eigenvalue weighted by atomic mass is 9.66. The quantitative estimate of drug-likeness (QED) is 0.455. The van der Waals surface area contributed by atoms with Gasteiger partial charge in [0.15, 0.2) is 5.78 Å². The number of likely N-dealkylation sites (tertiary alicyclic amines) is 1. The van der Waals surface area contributed by atoms with Gasteiger partial charge in [-0.2, -0.15) is 0 Å². The van der Waals surface area contributed by atoms with E-state index in [0.29, 0.717) is 19.0 Å². The van der Waals surface area contributed by atoms with Gasteiger partial charge in [0.25, 0.3) is 0 Å². The fraction of sp³-hybridized carbons (Fsp3) is 0.484. The van der Waals surface area contributed by atoms with Gasteiger partial charge < -0.3 is 9.64 Å². The molecule has 184 valence electrons. The second-order valence-corrected chi connectivity index (χ2v) is 11.7. The van der Waals surface area contributed by atoms with Crippen molar-refractivity contribution in [2.24, 2.45) is 11.8 Å². The van der Waals surface area contributed by atoms with Crippen molar-refractivity contribution in [1.29, 1.82) is 0 Å². The van der Waals surface area contributed by atoms with E-state index in [1.807, 2.05) is 25.7 Å². The number of Topliss-reactive ketones (excluding diaryl/α,β-unsaturated/α-hetero) is 1. The summed E-state index contributed by atoms with van der Waals surface area (Å²) in [7, 11) is 0.